The number of nitrogens with zero attached hydrogens (tertiary/aromatic N) is 2. The van der Waals surface area contributed by atoms with Crippen molar-refractivity contribution in [2.24, 2.45) is 11.8 Å². The Hall–Kier alpha value is -1.61. The van der Waals surface area contributed by atoms with E-state index in [9.17, 15) is 4.79 Å². The lowest BCUT2D eigenvalue weighted by atomic mass is 9.88. The van der Waals surface area contributed by atoms with Gasteiger partial charge in [-0.05, 0) is 50.8 Å². The van der Waals surface area contributed by atoms with E-state index in [4.69, 9.17) is 0 Å². The minimum absolute atomic E-state index is 0.347. The van der Waals surface area contributed by atoms with Crippen molar-refractivity contribution in [2.45, 2.75) is 39.2 Å². The first-order valence-electron chi connectivity index (χ1n) is 9.26. The third kappa shape index (κ3) is 3.41. The number of likely N-dealkylation sites (tertiary alicyclic amines) is 2. The van der Waals surface area contributed by atoms with Gasteiger partial charge in [-0.3, -0.25) is 9.69 Å². The van der Waals surface area contributed by atoms with E-state index in [1.807, 2.05) is 6.92 Å². The molecule has 3 nitrogen and oxygen atoms in total. The highest BCUT2D eigenvalue weighted by atomic mass is 16.2. The van der Waals surface area contributed by atoms with Crippen molar-refractivity contribution >= 4 is 5.91 Å². The predicted octanol–water partition coefficient (Wildman–Crippen LogP) is 3.80. The van der Waals surface area contributed by atoms with Crippen molar-refractivity contribution < 1.29 is 4.79 Å². The summed E-state index contributed by atoms with van der Waals surface area (Å²) in [5.74, 6) is 1.55. The summed E-state index contributed by atoms with van der Waals surface area (Å²) in [6.07, 6.45) is 6.88. The van der Waals surface area contributed by atoms with Crippen LogP contribution in [0.4, 0.5) is 0 Å². The number of unbranched alkanes of at least 4 members (excludes halogenated alkanes) is 1. The number of rotatable bonds is 5. The smallest absolute Gasteiger partial charge is 0.222 e. The summed E-state index contributed by atoms with van der Waals surface area (Å²) in [4.78, 5) is 17.1. The highest BCUT2D eigenvalue weighted by molar-refractivity contribution is 5.76. The zero-order chi connectivity index (χ0) is 17.1. The van der Waals surface area contributed by atoms with E-state index in [1.165, 1.54) is 11.1 Å². The Balaban J connectivity index is 1.65. The number of hydrogen-bond acceptors (Lipinski definition) is 2. The van der Waals surface area contributed by atoms with Crippen LogP contribution in [0.1, 0.15) is 43.4 Å². The number of aryl methyl sites for hydroxylation is 1. The molecule has 130 valence electrons. The highest BCUT2D eigenvalue weighted by Gasteiger charge is 2.47. The van der Waals surface area contributed by atoms with Gasteiger partial charge in [0.15, 0.2) is 0 Å². The second-order valence-corrected chi connectivity index (χ2v) is 7.42. The Labute approximate surface area is 146 Å². The van der Waals surface area contributed by atoms with Crippen molar-refractivity contribution in [1.82, 2.24) is 9.80 Å². The highest BCUT2D eigenvalue weighted by Crippen LogP contribution is 2.44. The van der Waals surface area contributed by atoms with Gasteiger partial charge in [0.1, 0.15) is 0 Å². The average molecular weight is 326 g/mol. The summed E-state index contributed by atoms with van der Waals surface area (Å²) >= 11 is 0. The Morgan fingerprint density at radius 2 is 2.04 bits per heavy atom. The molecule has 0 spiro atoms. The second kappa shape index (κ2) is 7.52. The second-order valence-electron chi connectivity index (χ2n) is 7.42. The fourth-order valence-corrected chi connectivity index (χ4v) is 4.54. The molecule has 2 aliphatic rings. The summed E-state index contributed by atoms with van der Waals surface area (Å²) < 4.78 is 0. The maximum absolute atomic E-state index is 12.5. The molecule has 0 aliphatic carbocycles. The van der Waals surface area contributed by atoms with Gasteiger partial charge >= 0.3 is 0 Å². The lowest BCUT2D eigenvalue weighted by Gasteiger charge is -2.28. The number of allylic oxidation sites excluding steroid dienone is 2. The van der Waals surface area contributed by atoms with Gasteiger partial charge in [-0.15, -0.1) is 0 Å². The van der Waals surface area contributed by atoms with Gasteiger partial charge in [-0.25, -0.2) is 0 Å². The third-order valence-electron chi connectivity index (χ3n) is 5.75. The molecule has 1 amide bonds. The SMILES string of the molecule is CC=CCCCC(=O)N1C[C@@H]2CN(C)[C@@H](c3ccccc3C)[C@@H]2C1. The minimum Gasteiger partial charge on any atom is -0.342 e. The Kier molecular flexibility index (Phi) is 5.40. The molecular weight excluding hydrogens is 296 g/mol. The molecule has 3 rings (SSSR count). The first-order chi connectivity index (χ1) is 11.6. The molecule has 1 aromatic carbocycles. The largest absolute Gasteiger partial charge is 0.342 e. The molecule has 2 aliphatic heterocycles. The van der Waals surface area contributed by atoms with Crippen LogP contribution in [0.15, 0.2) is 36.4 Å². The zero-order valence-corrected chi connectivity index (χ0v) is 15.2. The van der Waals surface area contributed by atoms with Crippen molar-refractivity contribution in [3.8, 4) is 0 Å². The Morgan fingerprint density at radius 1 is 1.25 bits per heavy atom. The lowest BCUT2D eigenvalue weighted by Crippen LogP contribution is -2.33. The van der Waals surface area contributed by atoms with Crippen LogP contribution in [0.25, 0.3) is 0 Å². The van der Waals surface area contributed by atoms with Crippen molar-refractivity contribution in [2.75, 3.05) is 26.7 Å². The quantitative estimate of drug-likeness (QED) is 0.607. The van der Waals surface area contributed by atoms with E-state index in [1.54, 1.807) is 0 Å². The molecule has 24 heavy (non-hydrogen) atoms. The first-order valence-corrected chi connectivity index (χ1v) is 9.26. The van der Waals surface area contributed by atoms with Crippen LogP contribution in [-0.2, 0) is 4.79 Å². The van der Waals surface area contributed by atoms with Crippen LogP contribution in [0.2, 0.25) is 0 Å². The fraction of sp³-hybridized carbons (Fsp3) is 0.571. The van der Waals surface area contributed by atoms with Crippen molar-refractivity contribution in [3.63, 3.8) is 0 Å². The summed E-state index contributed by atoms with van der Waals surface area (Å²) in [5, 5.41) is 0. The number of hydrogen-bond donors (Lipinski definition) is 0. The van der Waals surface area contributed by atoms with Crippen LogP contribution >= 0.6 is 0 Å². The molecule has 0 aromatic heterocycles. The minimum atomic E-state index is 0.347. The monoisotopic (exact) mass is 326 g/mol. The average Bonchev–Trinajstić information content (AvgIpc) is 3.09. The maximum atomic E-state index is 12.5. The normalized spacial score (nSPS) is 27.1. The molecule has 2 fully saturated rings. The van der Waals surface area contributed by atoms with E-state index >= 15 is 0 Å². The van der Waals surface area contributed by atoms with Gasteiger partial charge < -0.3 is 4.90 Å². The van der Waals surface area contributed by atoms with E-state index in [-0.39, 0.29) is 0 Å². The van der Waals surface area contributed by atoms with Crippen molar-refractivity contribution in [1.29, 1.82) is 0 Å². The molecular formula is C21H30N2O. The Morgan fingerprint density at radius 3 is 2.79 bits per heavy atom. The first kappa shape index (κ1) is 17.2. The summed E-state index contributed by atoms with van der Waals surface area (Å²) in [6.45, 7) is 7.21. The molecule has 2 saturated heterocycles. The van der Waals surface area contributed by atoms with E-state index in [2.05, 4.69) is 60.2 Å². The van der Waals surface area contributed by atoms with Crippen LogP contribution in [0, 0.1) is 18.8 Å². The molecule has 3 atom stereocenters. The third-order valence-corrected chi connectivity index (χ3v) is 5.75. The molecule has 1 aromatic rings. The van der Waals surface area contributed by atoms with Crippen molar-refractivity contribution in [3.05, 3.63) is 47.5 Å². The summed E-state index contributed by atoms with van der Waals surface area (Å²) in [7, 11) is 2.23. The molecule has 0 unspecified atom stereocenters. The van der Waals surface area contributed by atoms with Gasteiger partial charge in [-0.1, -0.05) is 36.4 Å². The van der Waals surface area contributed by atoms with E-state index in [0.717, 1.165) is 32.5 Å². The molecule has 2 heterocycles. The van der Waals surface area contributed by atoms with Crippen LogP contribution in [0.5, 0.6) is 0 Å². The van der Waals surface area contributed by atoms with Gasteiger partial charge in [0.05, 0.1) is 0 Å². The topological polar surface area (TPSA) is 23.6 Å². The Bertz CT molecular complexity index is 610. The number of benzene rings is 1. The predicted molar refractivity (Wildman–Crippen MR) is 98.8 cm³/mol. The zero-order valence-electron chi connectivity index (χ0n) is 15.2. The fourth-order valence-electron chi connectivity index (χ4n) is 4.54. The van der Waals surface area contributed by atoms with Crippen LogP contribution in [0.3, 0.4) is 0 Å². The number of amides is 1. The molecule has 0 radical (unpaired) electrons. The number of carbonyl (C=O) groups excluding carboxylic acids is 1. The van der Waals surface area contributed by atoms with Gasteiger partial charge in [0, 0.05) is 38.0 Å². The van der Waals surface area contributed by atoms with Crippen LogP contribution in [-0.4, -0.2) is 42.4 Å². The molecule has 0 bridgehead atoms. The van der Waals surface area contributed by atoms with Gasteiger partial charge in [0.2, 0.25) is 5.91 Å². The van der Waals surface area contributed by atoms with Gasteiger partial charge in [-0.2, -0.15) is 0 Å². The number of carbonyl (C=O) groups is 1. The number of fused-ring (bicyclic) bond motifs is 1. The van der Waals surface area contributed by atoms with E-state index in [0.29, 0.717) is 30.2 Å². The maximum Gasteiger partial charge on any atom is 0.222 e. The summed E-state index contributed by atoms with van der Waals surface area (Å²) in [6, 6.07) is 9.18. The van der Waals surface area contributed by atoms with Crippen LogP contribution < -0.4 is 0 Å². The molecule has 3 heteroatoms. The standard InChI is InChI=1S/C21H30N2O/c1-4-5-6-7-12-20(24)23-14-17-13-22(3)21(19(17)15-23)18-11-9-8-10-16(18)2/h4-5,8-11,17,19,21H,6-7,12-15H2,1-3H3/t17-,19+,21-/m0/s1. The van der Waals surface area contributed by atoms with Gasteiger partial charge in [0.25, 0.3) is 0 Å². The van der Waals surface area contributed by atoms with E-state index < -0.39 is 0 Å². The molecule has 0 N–H and O–H groups in total. The summed E-state index contributed by atoms with van der Waals surface area (Å²) in [5.41, 5.74) is 2.81. The molecule has 0 saturated carbocycles. The lowest BCUT2D eigenvalue weighted by molar-refractivity contribution is -0.130.